The summed E-state index contributed by atoms with van der Waals surface area (Å²) < 4.78 is 13.2. The summed E-state index contributed by atoms with van der Waals surface area (Å²) in [6.45, 7) is 6.48. The van der Waals surface area contributed by atoms with Gasteiger partial charge < -0.3 is 10.2 Å². The van der Waals surface area contributed by atoms with Crippen LogP contribution < -0.4 is 5.32 Å². The van der Waals surface area contributed by atoms with Crippen molar-refractivity contribution in [3.63, 3.8) is 0 Å². The first-order valence-electron chi connectivity index (χ1n) is 6.55. The number of hydrogen-bond acceptors (Lipinski definition) is 2. The summed E-state index contributed by atoms with van der Waals surface area (Å²) in [6, 6.07) is 6.40. The number of benzene rings is 1. The number of amides is 1. The lowest BCUT2D eigenvalue weighted by Gasteiger charge is -2.26. The third kappa shape index (κ3) is 3.20. The van der Waals surface area contributed by atoms with E-state index in [1.807, 2.05) is 19.9 Å². The van der Waals surface area contributed by atoms with Crippen LogP contribution in [0.15, 0.2) is 35.4 Å². The molecule has 19 heavy (non-hydrogen) atoms. The SMILES string of the molecule is CCN(Cc1cccc(F)c1)C(=O)C(C)=C1CNC1. The van der Waals surface area contributed by atoms with Crippen LogP contribution in [0.25, 0.3) is 0 Å². The molecule has 0 aliphatic carbocycles. The molecule has 0 atom stereocenters. The van der Waals surface area contributed by atoms with E-state index in [4.69, 9.17) is 0 Å². The maximum atomic E-state index is 13.2. The quantitative estimate of drug-likeness (QED) is 0.843. The maximum Gasteiger partial charge on any atom is 0.249 e. The molecule has 1 aromatic rings. The van der Waals surface area contributed by atoms with E-state index in [2.05, 4.69) is 5.32 Å². The number of halogens is 1. The first-order valence-corrected chi connectivity index (χ1v) is 6.55. The molecule has 0 aromatic heterocycles. The van der Waals surface area contributed by atoms with E-state index < -0.39 is 0 Å². The van der Waals surface area contributed by atoms with Crippen LogP contribution in [0.2, 0.25) is 0 Å². The minimum absolute atomic E-state index is 0.0447. The lowest BCUT2D eigenvalue weighted by atomic mass is 10.0. The van der Waals surface area contributed by atoms with Gasteiger partial charge in [-0.15, -0.1) is 0 Å². The van der Waals surface area contributed by atoms with Crippen molar-refractivity contribution in [3.05, 3.63) is 46.8 Å². The second-order valence-electron chi connectivity index (χ2n) is 4.78. The van der Waals surface area contributed by atoms with E-state index in [1.54, 1.807) is 11.0 Å². The van der Waals surface area contributed by atoms with Gasteiger partial charge in [0, 0.05) is 31.8 Å². The summed E-state index contributed by atoms with van der Waals surface area (Å²) in [5, 5.41) is 3.13. The number of carbonyl (C=O) groups is 1. The fourth-order valence-corrected chi connectivity index (χ4v) is 2.09. The monoisotopic (exact) mass is 262 g/mol. The van der Waals surface area contributed by atoms with Gasteiger partial charge in [0.25, 0.3) is 0 Å². The smallest absolute Gasteiger partial charge is 0.249 e. The van der Waals surface area contributed by atoms with Crippen LogP contribution in [-0.4, -0.2) is 30.4 Å². The predicted octanol–water partition coefficient (Wildman–Crippen LogP) is 2.09. The molecule has 1 aliphatic heterocycles. The van der Waals surface area contributed by atoms with Gasteiger partial charge in [-0.1, -0.05) is 12.1 Å². The Balaban J connectivity index is 2.10. The molecule has 0 spiro atoms. The molecule has 1 aromatic carbocycles. The molecule has 2 rings (SSSR count). The Morgan fingerprint density at radius 3 is 2.68 bits per heavy atom. The predicted molar refractivity (Wildman–Crippen MR) is 73.1 cm³/mol. The summed E-state index contributed by atoms with van der Waals surface area (Å²) in [5.41, 5.74) is 2.81. The summed E-state index contributed by atoms with van der Waals surface area (Å²) >= 11 is 0. The van der Waals surface area contributed by atoms with Gasteiger partial charge in [-0.3, -0.25) is 4.79 Å². The molecule has 3 nitrogen and oxygen atoms in total. The largest absolute Gasteiger partial charge is 0.335 e. The van der Waals surface area contributed by atoms with Crippen LogP contribution in [0.4, 0.5) is 4.39 Å². The summed E-state index contributed by atoms with van der Waals surface area (Å²) in [6.07, 6.45) is 0. The zero-order valence-corrected chi connectivity index (χ0v) is 11.4. The van der Waals surface area contributed by atoms with E-state index in [0.717, 1.165) is 24.2 Å². The third-order valence-corrected chi connectivity index (χ3v) is 3.46. The van der Waals surface area contributed by atoms with Crippen LogP contribution in [-0.2, 0) is 11.3 Å². The Morgan fingerprint density at radius 1 is 1.42 bits per heavy atom. The number of nitrogens with one attached hydrogen (secondary N) is 1. The van der Waals surface area contributed by atoms with Crippen molar-refractivity contribution >= 4 is 5.91 Å². The number of likely N-dealkylation sites (N-methyl/N-ethyl adjacent to an activating group) is 1. The van der Waals surface area contributed by atoms with Crippen LogP contribution in [0.3, 0.4) is 0 Å². The summed E-state index contributed by atoms with van der Waals surface area (Å²) in [5.74, 6) is -0.220. The van der Waals surface area contributed by atoms with Gasteiger partial charge in [-0.25, -0.2) is 4.39 Å². The standard InChI is InChI=1S/C15H19FN2O/c1-3-18(10-12-5-4-6-14(16)7-12)15(19)11(2)13-8-17-9-13/h4-7,17H,3,8-10H2,1-2H3. The Hall–Kier alpha value is -1.68. The molecule has 0 unspecified atom stereocenters. The van der Waals surface area contributed by atoms with Crippen molar-refractivity contribution in [1.29, 1.82) is 0 Å². The van der Waals surface area contributed by atoms with Gasteiger partial charge >= 0.3 is 0 Å². The average Bonchev–Trinajstić information content (AvgIpc) is 2.33. The maximum absolute atomic E-state index is 13.2. The lowest BCUT2D eigenvalue weighted by Crippen LogP contribution is -2.39. The Morgan fingerprint density at radius 2 is 2.16 bits per heavy atom. The Bertz CT molecular complexity index is 505. The van der Waals surface area contributed by atoms with Gasteiger partial charge in [-0.05, 0) is 37.1 Å². The molecule has 1 N–H and O–H groups in total. The zero-order chi connectivity index (χ0) is 13.8. The van der Waals surface area contributed by atoms with E-state index in [9.17, 15) is 9.18 Å². The number of carbonyl (C=O) groups excluding carboxylic acids is 1. The van der Waals surface area contributed by atoms with Crippen LogP contribution >= 0.6 is 0 Å². The number of hydrogen-bond donors (Lipinski definition) is 1. The van der Waals surface area contributed by atoms with Crippen molar-refractivity contribution in [2.45, 2.75) is 20.4 Å². The highest BCUT2D eigenvalue weighted by atomic mass is 19.1. The molecular weight excluding hydrogens is 243 g/mol. The highest BCUT2D eigenvalue weighted by Crippen LogP contribution is 2.14. The molecule has 0 radical (unpaired) electrons. The van der Waals surface area contributed by atoms with Gasteiger partial charge in [0.15, 0.2) is 0 Å². The molecule has 0 bridgehead atoms. The van der Waals surface area contributed by atoms with Gasteiger partial charge in [-0.2, -0.15) is 0 Å². The molecular formula is C15H19FN2O. The van der Waals surface area contributed by atoms with E-state index in [0.29, 0.717) is 13.1 Å². The summed E-state index contributed by atoms with van der Waals surface area (Å²) in [4.78, 5) is 14.1. The zero-order valence-electron chi connectivity index (χ0n) is 11.4. The van der Waals surface area contributed by atoms with Crippen molar-refractivity contribution in [2.24, 2.45) is 0 Å². The second-order valence-corrected chi connectivity index (χ2v) is 4.78. The van der Waals surface area contributed by atoms with Gasteiger partial charge in [0.2, 0.25) is 5.91 Å². The second kappa shape index (κ2) is 5.97. The summed E-state index contributed by atoms with van der Waals surface area (Å²) in [7, 11) is 0. The van der Waals surface area contributed by atoms with Gasteiger partial charge in [0.05, 0.1) is 0 Å². The molecule has 1 aliphatic rings. The van der Waals surface area contributed by atoms with Crippen molar-refractivity contribution < 1.29 is 9.18 Å². The minimum atomic E-state index is -0.265. The highest BCUT2D eigenvalue weighted by molar-refractivity contribution is 5.94. The van der Waals surface area contributed by atoms with Crippen LogP contribution in [0.1, 0.15) is 19.4 Å². The highest BCUT2D eigenvalue weighted by Gasteiger charge is 2.20. The fourth-order valence-electron chi connectivity index (χ4n) is 2.09. The molecule has 4 heteroatoms. The van der Waals surface area contributed by atoms with E-state index in [-0.39, 0.29) is 11.7 Å². The van der Waals surface area contributed by atoms with Crippen molar-refractivity contribution in [1.82, 2.24) is 10.2 Å². The number of rotatable bonds is 4. The fraction of sp³-hybridized carbons (Fsp3) is 0.400. The van der Waals surface area contributed by atoms with Crippen LogP contribution in [0, 0.1) is 5.82 Å². The molecule has 1 heterocycles. The van der Waals surface area contributed by atoms with Crippen molar-refractivity contribution in [3.8, 4) is 0 Å². The molecule has 1 saturated heterocycles. The topological polar surface area (TPSA) is 32.3 Å². The minimum Gasteiger partial charge on any atom is -0.335 e. The normalized spacial score (nSPS) is 13.9. The molecule has 1 amide bonds. The van der Waals surface area contributed by atoms with E-state index >= 15 is 0 Å². The Kier molecular flexibility index (Phi) is 4.32. The first kappa shape index (κ1) is 13.7. The lowest BCUT2D eigenvalue weighted by molar-refractivity contribution is -0.127. The number of nitrogens with zero attached hydrogens (tertiary/aromatic N) is 1. The third-order valence-electron chi connectivity index (χ3n) is 3.46. The van der Waals surface area contributed by atoms with E-state index in [1.165, 1.54) is 17.7 Å². The molecule has 0 saturated carbocycles. The molecule has 102 valence electrons. The Labute approximate surface area is 113 Å². The average molecular weight is 262 g/mol. The molecule has 1 fully saturated rings. The van der Waals surface area contributed by atoms with Crippen LogP contribution in [0.5, 0.6) is 0 Å². The van der Waals surface area contributed by atoms with Gasteiger partial charge in [0.1, 0.15) is 5.82 Å². The first-order chi connectivity index (χ1) is 9.11. The van der Waals surface area contributed by atoms with Crippen molar-refractivity contribution in [2.75, 3.05) is 19.6 Å².